The van der Waals surface area contributed by atoms with Gasteiger partial charge in [0.25, 0.3) is 5.91 Å². The number of amides is 1. The van der Waals surface area contributed by atoms with E-state index in [9.17, 15) is 13.2 Å². The molecule has 1 saturated heterocycles. The van der Waals surface area contributed by atoms with Crippen molar-refractivity contribution >= 4 is 21.6 Å². The number of hydrogen-bond donors (Lipinski definition) is 1. The number of anilines is 1. The first-order valence-corrected chi connectivity index (χ1v) is 11.1. The third kappa shape index (κ3) is 4.92. The molecule has 0 bridgehead atoms. The molecule has 8 nitrogen and oxygen atoms in total. The molecule has 0 aliphatic carbocycles. The molecule has 0 unspecified atom stereocenters. The average molecular weight is 435 g/mol. The van der Waals surface area contributed by atoms with Crippen molar-refractivity contribution in [2.24, 2.45) is 0 Å². The van der Waals surface area contributed by atoms with E-state index in [1.165, 1.54) is 23.5 Å². The molecule has 0 aromatic heterocycles. The van der Waals surface area contributed by atoms with Gasteiger partial charge in [0.15, 0.2) is 6.10 Å². The molecular weight excluding hydrogens is 408 g/mol. The molecule has 0 saturated carbocycles. The number of rotatable bonds is 7. The molecule has 1 atom stereocenters. The van der Waals surface area contributed by atoms with Crippen molar-refractivity contribution in [3.8, 4) is 11.5 Å². The number of hydrogen-bond acceptors (Lipinski definition) is 6. The quantitative estimate of drug-likeness (QED) is 0.719. The van der Waals surface area contributed by atoms with Gasteiger partial charge in [-0.2, -0.15) is 4.31 Å². The Kier molecular flexibility index (Phi) is 6.96. The van der Waals surface area contributed by atoms with Crippen LogP contribution in [0.5, 0.6) is 11.5 Å². The van der Waals surface area contributed by atoms with Gasteiger partial charge in [-0.3, -0.25) is 4.79 Å². The van der Waals surface area contributed by atoms with Gasteiger partial charge in [0, 0.05) is 18.8 Å². The van der Waals surface area contributed by atoms with Gasteiger partial charge in [-0.25, -0.2) is 8.42 Å². The van der Waals surface area contributed by atoms with Crippen LogP contribution in [0.15, 0.2) is 47.4 Å². The van der Waals surface area contributed by atoms with Crippen molar-refractivity contribution in [2.45, 2.75) is 24.8 Å². The van der Waals surface area contributed by atoms with Crippen LogP contribution in [0.1, 0.15) is 12.5 Å². The van der Waals surface area contributed by atoms with Crippen LogP contribution in [0.25, 0.3) is 0 Å². The molecule has 9 heteroatoms. The summed E-state index contributed by atoms with van der Waals surface area (Å²) in [6.45, 7) is 4.74. The van der Waals surface area contributed by atoms with Gasteiger partial charge in [-0.05, 0) is 43.7 Å². The number of nitrogens with zero attached hydrogens (tertiary/aromatic N) is 1. The molecular formula is C21H26N2O6S. The molecule has 0 spiro atoms. The lowest BCUT2D eigenvalue weighted by Gasteiger charge is -2.27. The monoisotopic (exact) mass is 434 g/mol. The number of sulfonamides is 1. The topological polar surface area (TPSA) is 94.2 Å². The lowest BCUT2D eigenvalue weighted by Crippen LogP contribution is -2.40. The van der Waals surface area contributed by atoms with Gasteiger partial charge < -0.3 is 19.5 Å². The van der Waals surface area contributed by atoms with Gasteiger partial charge in [0.1, 0.15) is 16.4 Å². The van der Waals surface area contributed by atoms with Crippen LogP contribution in [0.4, 0.5) is 5.69 Å². The summed E-state index contributed by atoms with van der Waals surface area (Å²) in [4.78, 5) is 12.6. The van der Waals surface area contributed by atoms with Crippen LogP contribution in [-0.4, -0.2) is 58.1 Å². The van der Waals surface area contributed by atoms with Gasteiger partial charge in [-0.15, -0.1) is 0 Å². The molecule has 1 aliphatic rings. The Morgan fingerprint density at radius 1 is 1.13 bits per heavy atom. The van der Waals surface area contributed by atoms with Crippen molar-refractivity contribution in [2.75, 3.05) is 38.7 Å². The maximum absolute atomic E-state index is 13.1. The van der Waals surface area contributed by atoms with E-state index in [0.717, 1.165) is 5.56 Å². The molecule has 1 heterocycles. The Morgan fingerprint density at radius 3 is 2.50 bits per heavy atom. The van der Waals surface area contributed by atoms with Crippen molar-refractivity contribution in [3.63, 3.8) is 0 Å². The van der Waals surface area contributed by atoms with Crippen LogP contribution in [-0.2, 0) is 19.6 Å². The van der Waals surface area contributed by atoms with Crippen LogP contribution in [0.2, 0.25) is 0 Å². The van der Waals surface area contributed by atoms with E-state index in [1.54, 1.807) is 19.1 Å². The highest BCUT2D eigenvalue weighted by molar-refractivity contribution is 7.89. The summed E-state index contributed by atoms with van der Waals surface area (Å²) in [6, 6.07) is 11.9. The molecule has 2 aromatic rings. The SMILES string of the molecule is COc1ccc(NC(=O)[C@H](C)Oc2ccccc2C)cc1S(=O)(=O)N1CCOCC1. The van der Waals surface area contributed by atoms with Crippen molar-refractivity contribution in [1.29, 1.82) is 0 Å². The smallest absolute Gasteiger partial charge is 0.265 e. The second-order valence-corrected chi connectivity index (χ2v) is 8.80. The largest absolute Gasteiger partial charge is 0.495 e. The fraction of sp³-hybridized carbons (Fsp3) is 0.381. The summed E-state index contributed by atoms with van der Waals surface area (Å²) in [6.07, 6.45) is -0.771. The summed E-state index contributed by atoms with van der Waals surface area (Å²) in [5.74, 6) is 0.437. The normalized spacial score (nSPS) is 16.0. The predicted molar refractivity (Wildman–Crippen MR) is 112 cm³/mol. The highest BCUT2D eigenvalue weighted by Gasteiger charge is 2.30. The Bertz CT molecular complexity index is 1000. The van der Waals surface area contributed by atoms with E-state index in [4.69, 9.17) is 14.2 Å². The van der Waals surface area contributed by atoms with E-state index >= 15 is 0 Å². The highest BCUT2D eigenvalue weighted by atomic mass is 32.2. The van der Waals surface area contributed by atoms with Gasteiger partial charge >= 0.3 is 0 Å². The van der Waals surface area contributed by atoms with Gasteiger partial charge in [0.05, 0.1) is 20.3 Å². The Morgan fingerprint density at radius 2 is 1.83 bits per heavy atom. The third-order valence-electron chi connectivity index (χ3n) is 4.79. The van der Waals surface area contributed by atoms with E-state index in [1.807, 2.05) is 25.1 Å². The molecule has 1 N–H and O–H groups in total. The first kappa shape index (κ1) is 22.1. The third-order valence-corrected chi connectivity index (χ3v) is 6.71. The zero-order chi connectivity index (χ0) is 21.7. The number of benzene rings is 2. The van der Waals surface area contributed by atoms with E-state index in [-0.39, 0.29) is 23.7 Å². The predicted octanol–water partition coefficient (Wildman–Crippen LogP) is 2.43. The number of methoxy groups -OCH3 is 1. The Labute approximate surface area is 176 Å². The van der Waals surface area contributed by atoms with E-state index < -0.39 is 22.0 Å². The average Bonchev–Trinajstić information content (AvgIpc) is 2.75. The standard InChI is InChI=1S/C21H26N2O6S/c1-15-6-4-5-7-18(15)29-16(2)21(24)22-17-8-9-19(27-3)20(14-17)30(25,26)23-10-12-28-13-11-23/h4-9,14,16H,10-13H2,1-3H3,(H,22,24)/t16-/m0/s1. The van der Waals surface area contributed by atoms with Crippen molar-refractivity contribution in [1.82, 2.24) is 4.31 Å². The number of carbonyl (C=O) groups is 1. The molecule has 1 fully saturated rings. The summed E-state index contributed by atoms with van der Waals surface area (Å²) in [7, 11) is -2.38. The van der Waals surface area contributed by atoms with Gasteiger partial charge in [-0.1, -0.05) is 18.2 Å². The number of aryl methyl sites for hydroxylation is 1. The van der Waals surface area contributed by atoms with Gasteiger partial charge in [0.2, 0.25) is 10.0 Å². The molecule has 1 aliphatic heterocycles. The summed E-state index contributed by atoms with van der Waals surface area (Å²) in [5.41, 5.74) is 1.26. The summed E-state index contributed by atoms with van der Waals surface area (Å²) >= 11 is 0. The van der Waals surface area contributed by atoms with Crippen LogP contribution in [0.3, 0.4) is 0 Å². The fourth-order valence-corrected chi connectivity index (χ4v) is 4.65. The Balaban J connectivity index is 1.79. The minimum Gasteiger partial charge on any atom is -0.495 e. The summed E-state index contributed by atoms with van der Waals surface area (Å²) < 4.78 is 43.7. The minimum absolute atomic E-state index is 0.00262. The molecule has 1 amide bonds. The number of para-hydroxylation sites is 1. The minimum atomic E-state index is -3.79. The lowest BCUT2D eigenvalue weighted by atomic mass is 10.2. The second kappa shape index (κ2) is 9.46. The number of carbonyl (C=O) groups excluding carboxylic acids is 1. The van der Waals surface area contributed by atoms with E-state index in [2.05, 4.69) is 5.32 Å². The molecule has 3 rings (SSSR count). The zero-order valence-electron chi connectivity index (χ0n) is 17.3. The van der Waals surface area contributed by atoms with Crippen molar-refractivity contribution < 1.29 is 27.4 Å². The van der Waals surface area contributed by atoms with Crippen LogP contribution in [0, 0.1) is 6.92 Å². The first-order valence-electron chi connectivity index (χ1n) is 9.62. The first-order chi connectivity index (χ1) is 14.3. The lowest BCUT2D eigenvalue weighted by molar-refractivity contribution is -0.122. The maximum Gasteiger partial charge on any atom is 0.265 e. The summed E-state index contributed by atoms with van der Waals surface area (Å²) in [5, 5.41) is 2.72. The molecule has 162 valence electrons. The number of morpholine rings is 1. The van der Waals surface area contributed by atoms with Crippen molar-refractivity contribution in [3.05, 3.63) is 48.0 Å². The zero-order valence-corrected chi connectivity index (χ0v) is 18.1. The van der Waals surface area contributed by atoms with Crippen LogP contribution >= 0.6 is 0 Å². The van der Waals surface area contributed by atoms with Crippen LogP contribution < -0.4 is 14.8 Å². The second-order valence-electron chi connectivity index (χ2n) is 6.90. The maximum atomic E-state index is 13.1. The Hall–Kier alpha value is -2.62. The molecule has 2 aromatic carbocycles. The molecule has 30 heavy (non-hydrogen) atoms. The molecule has 0 radical (unpaired) electrons. The fourth-order valence-electron chi connectivity index (χ4n) is 3.06. The highest BCUT2D eigenvalue weighted by Crippen LogP contribution is 2.30. The van der Waals surface area contributed by atoms with E-state index in [0.29, 0.717) is 24.7 Å². The number of ether oxygens (including phenoxy) is 3. The number of nitrogens with one attached hydrogen (secondary N) is 1.